The predicted octanol–water partition coefficient (Wildman–Crippen LogP) is 2.91. The molecule has 22 heavy (non-hydrogen) atoms. The van der Waals surface area contributed by atoms with Gasteiger partial charge in [-0.2, -0.15) is 0 Å². The monoisotopic (exact) mass is 298 g/mol. The summed E-state index contributed by atoms with van der Waals surface area (Å²) in [5, 5.41) is 0. The molecular formula is C18H18O4. The van der Waals surface area contributed by atoms with Gasteiger partial charge in [0, 0.05) is 0 Å². The second-order valence-corrected chi connectivity index (χ2v) is 4.83. The molecular weight excluding hydrogens is 280 g/mol. The number of carbonyl (C=O) groups excluding carboxylic acids is 2. The van der Waals surface area contributed by atoms with E-state index in [0.717, 1.165) is 5.56 Å². The molecule has 0 spiro atoms. The van der Waals surface area contributed by atoms with E-state index < -0.39 is 11.9 Å². The standard InChI is InChI=1S/C18H18O4/c1-21-16-11-7-6-10-14(16)17(19)15(18(20)22-2)12-13-8-4-3-5-9-13/h3-11,15H,12H2,1-2H3. The molecule has 0 bridgehead atoms. The molecule has 0 aromatic heterocycles. The number of carbonyl (C=O) groups is 2. The van der Waals surface area contributed by atoms with Crippen molar-refractivity contribution in [2.24, 2.45) is 5.92 Å². The molecule has 0 aliphatic rings. The van der Waals surface area contributed by atoms with Gasteiger partial charge in [-0.1, -0.05) is 42.5 Å². The number of hydrogen-bond acceptors (Lipinski definition) is 4. The highest BCUT2D eigenvalue weighted by Crippen LogP contribution is 2.23. The molecule has 4 nitrogen and oxygen atoms in total. The van der Waals surface area contributed by atoms with Crippen molar-refractivity contribution in [2.75, 3.05) is 14.2 Å². The van der Waals surface area contributed by atoms with Crippen LogP contribution in [0.3, 0.4) is 0 Å². The highest BCUT2D eigenvalue weighted by atomic mass is 16.5. The van der Waals surface area contributed by atoms with Gasteiger partial charge >= 0.3 is 5.97 Å². The summed E-state index contributed by atoms with van der Waals surface area (Å²) >= 11 is 0. The fourth-order valence-corrected chi connectivity index (χ4v) is 2.31. The Bertz CT molecular complexity index is 649. The van der Waals surface area contributed by atoms with Gasteiger partial charge in [-0.05, 0) is 24.1 Å². The Morgan fingerprint density at radius 2 is 1.59 bits per heavy atom. The Morgan fingerprint density at radius 3 is 2.23 bits per heavy atom. The molecule has 1 atom stereocenters. The zero-order chi connectivity index (χ0) is 15.9. The van der Waals surface area contributed by atoms with Crippen LogP contribution in [0.25, 0.3) is 0 Å². The van der Waals surface area contributed by atoms with Crippen LogP contribution in [0.5, 0.6) is 5.75 Å². The Morgan fingerprint density at radius 1 is 0.955 bits per heavy atom. The molecule has 2 rings (SSSR count). The van der Waals surface area contributed by atoms with E-state index in [1.54, 1.807) is 24.3 Å². The average molecular weight is 298 g/mol. The minimum absolute atomic E-state index is 0.296. The minimum atomic E-state index is -0.885. The smallest absolute Gasteiger partial charge is 0.316 e. The number of rotatable bonds is 6. The molecule has 0 fully saturated rings. The first-order valence-electron chi connectivity index (χ1n) is 6.96. The lowest BCUT2D eigenvalue weighted by Gasteiger charge is -2.15. The van der Waals surface area contributed by atoms with Crippen LogP contribution < -0.4 is 4.74 Å². The molecule has 0 aliphatic heterocycles. The minimum Gasteiger partial charge on any atom is -0.496 e. The van der Waals surface area contributed by atoms with Crippen LogP contribution in [-0.2, 0) is 16.0 Å². The molecule has 0 heterocycles. The fourth-order valence-electron chi connectivity index (χ4n) is 2.31. The molecule has 0 aliphatic carbocycles. The SMILES string of the molecule is COC(=O)C(Cc1ccccc1)C(=O)c1ccccc1OC. The Kier molecular flexibility index (Phi) is 5.31. The average Bonchev–Trinajstić information content (AvgIpc) is 2.59. The van der Waals surface area contributed by atoms with Crippen molar-refractivity contribution in [2.45, 2.75) is 6.42 Å². The predicted molar refractivity (Wildman–Crippen MR) is 83.0 cm³/mol. The van der Waals surface area contributed by atoms with Crippen molar-refractivity contribution < 1.29 is 19.1 Å². The summed E-state index contributed by atoms with van der Waals surface area (Å²) in [6, 6.07) is 16.3. The maximum atomic E-state index is 12.7. The molecule has 1 unspecified atom stereocenters. The van der Waals surface area contributed by atoms with Crippen LogP contribution >= 0.6 is 0 Å². The first-order valence-corrected chi connectivity index (χ1v) is 6.96. The summed E-state index contributed by atoms with van der Waals surface area (Å²) in [6.07, 6.45) is 0.296. The van der Waals surface area contributed by atoms with E-state index in [1.165, 1.54) is 14.2 Å². The molecule has 4 heteroatoms. The lowest BCUT2D eigenvalue weighted by Crippen LogP contribution is -2.28. The van der Waals surface area contributed by atoms with E-state index in [0.29, 0.717) is 17.7 Å². The third-order valence-electron chi connectivity index (χ3n) is 3.46. The summed E-state index contributed by atoms with van der Waals surface area (Å²) in [7, 11) is 2.78. The summed E-state index contributed by atoms with van der Waals surface area (Å²) < 4.78 is 10.0. The molecule has 2 aromatic rings. The van der Waals surface area contributed by atoms with Crippen LogP contribution in [0.15, 0.2) is 54.6 Å². The van der Waals surface area contributed by atoms with Gasteiger partial charge in [-0.3, -0.25) is 9.59 Å². The van der Waals surface area contributed by atoms with E-state index >= 15 is 0 Å². The van der Waals surface area contributed by atoms with E-state index in [-0.39, 0.29) is 5.78 Å². The summed E-state index contributed by atoms with van der Waals surface area (Å²) in [4.78, 5) is 24.8. The number of methoxy groups -OCH3 is 2. The van der Waals surface area contributed by atoms with E-state index in [4.69, 9.17) is 9.47 Å². The Hall–Kier alpha value is -2.62. The third kappa shape index (κ3) is 3.52. The van der Waals surface area contributed by atoms with E-state index in [1.807, 2.05) is 30.3 Å². The van der Waals surface area contributed by atoms with Crippen LogP contribution in [0.4, 0.5) is 0 Å². The fraction of sp³-hybridized carbons (Fsp3) is 0.222. The molecule has 0 amide bonds. The zero-order valence-electron chi connectivity index (χ0n) is 12.6. The van der Waals surface area contributed by atoms with Gasteiger partial charge in [0.1, 0.15) is 11.7 Å². The summed E-state index contributed by atoms with van der Waals surface area (Å²) in [5.74, 6) is -1.27. The van der Waals surface area contributed by atoms with Crippen LogP contribution in [0.1, 0.15) is 15.9 Å². The van der Waals surface area contributed by atoms with Gasteiger partial charge in [0.05, 0.1) is 19.8 Å². The van der Waals surface area contributed by atoms with Crippen molar-refractivity contribution in [3.8, 4) is 5.75 Å². The molecule has 0 N–H and O–H groups in total. The molecule has 0 saturated heterocycles. The van der Waals surface area contributed by atoms with Crippen molar-refractivity contribution in [1.82, 2.24) is 0 Å². The second-order valence-electron chi connectivity index (χ2n) is 4.83. The molecule has 114 valence electrons. The summed E-state index contributed by atoms with van der Waals surface area (Å²) in [6.45, 7) is 0. The maximum Gasteiger partial charge on any atom is 0.316 e. The quantitative estimate of drug-likeness (QED) is 0.467. The number of esters is 1. The van der Waals surface area contributed by atoms with Crippen molar-refractivity contribution in [1.29, 1.82) is 0 Å². The van der Waals surface area contributed by atoms with Crippen molar-refractivity contribution in [3.05, 3.63) is 65.7 Å². The topological polar surface area (TPSA) is 52.6 Å². The molecule has 0 radical (unpaired) electrons. The first kappa shape index (κ1) is 15.8. The highest BCUT2D eigenvalue weighted by molar-refractivity contribution is 6.10. The van der Waals surface area contributed by atoms with Gasteiger partial charge in [-0.15, -0.1) is 0 Å². The van der Waals surface area contributed by atoms with Crippen LogP contribution in [0.2, 0.25) is 0 Å². The number of para-hydroxylation sites is 1. The van der Waals surface area contributed by atoms with E-state index in [2.05, 4.69) is 0 Å². The number of ether oxygens (including phenoxy) is 2. The highest BCUT2D eigenvalue weighted by Gasteiger charge is 2.30. The van der Waals surface area contributed by atoms with E-state index in [9.17, 15) is 9.59 Å². The van der Waals surface area contributed by atoms with Gasteiger partial charge in [0.15, 0.2) is 5.78 Å². The Balaban J connectivity index is 2.33. The van der Waals surface area contributed by atoms with Gasteiger partial charge in [0.25, 0.3) is 0 Å². The van der Waals surface area contributed by atoms with Crippen molar-refractivity contribution in [3.63, 3.8) is 0 Å². The largest absolute Gasteiger partial charge is 0.496 e. The van der Waals surface area contributed by atoms with Gasteiger partial charge < -0.3 is 9.47 Å². The first-order chi connectivity index (χ1) is 10.7. The Labute approximate surface area is 129 Å². The lowest BCUT2D eigenvalue weighted by molar-refractivity contribution is -0.143. The number of hydrogen-bond donors (Lipinski definition) is 0. The van der Waals surface area contributed by atoms with Crippen LogP contribution in [-0.4, -0.2) is 26.0 Å². The normalized spacial score (nSPS) is 11.5. The van der Waals surface area contributed by atoms with Gasteiger partial charge in [0.2, 0.25) is 0 Å². The molecule has 0 saturated carbocycles. The second kappa shape index (κ2) is 7.41. The van der Waals surface area contributed by atoms with Crippen LogP contribution in [0, 0.1) is 5.92 Å². The number of Topliss-reactive ketones (excluding diaryl/α,β-unsaturated/α-hetero) is 1. The van der Waals surface area contributed by atoms with Crippen molar-refractivity contribution >= 4 is 11.8 Å². The zero-order valence-corrected chi connectivity index (χ0v) is 12.6. The lowest BCUT2D eigenvalue weighted by atomic mass is 9.91. The summed E-state index contributed by atoms with van der Waals surface area (Å²) in [5.41, 5.74) is 1.29. The molecule has 2 aromatic carbocycles. The number of ketones is 1. The number of benzene rings is 2. The third-order valence-corrected chi connectivity index (χ3v) is 3.46. The maximum absolute atomic E-state index is 12.7. The van der Waals surface area contributed by atoms with Gasteiger partial charge in [-0.25, -0.2) is 0 Å².